The third-order valence-corrected chi connectivity index (χ3v) is 4.08. The predicted molar refractivity (Wildman–Crippen MR) is 97.7 cm³/mol. The number of para-hydroxylation sites is 2. The molecule has 28 heavy (non-hydrogen) atoms. The molecule has 0 amide bonds. The number of H-pyrrole nitrogens is 1. The molecule has 3 N–H and O–H groups in total. The molecule has 2 aromatic rings. The smallest absolute Gasteiger partial charge is 0.351 e. The van der Waals surface area contributed by atoms with Gasteiger partial charge in [0.25, 0.3) is 5.56 Å². The van der Waals surface area contributed by atoms with E-state index in [9.17, 15) is 19.2 Å². The molecule has 0 aliphatic carbocycles. The summed E-state index contributed by atoms with van der Waals surface area (Å²) >= 11 is 0. The summed E-state index contributed by atoms with van der Waals surface area (Å²) in [4.78, 5) is 50.4. The molecule has 1 aromatic heterocycles. The minimum absolute atomic E-state index is 0.0753. The highest BCUT2D eigenvalue weighted by Crippen LogP contribution is 2.31. The van der Waals surface area contributed by atoms with Gasteiger partial charge in [0.2, 0.25) is 11.9 Å². The summed E-state index contributed by atoms with van der Waals surface area (Å²) in [6.07, 6.45) is -0.480. The number of nitrogens with two attached hydrogens (primary N) is 1. The Morgan fingerprint density at radius 2 is 2.00 bits per heavy atom. The average molecular weight is 389 g/mol. The number of benzene rings is 1. The van der Waals surface area contributed by atoms with E-state index in [2.05, 4.69) is 0 Å². The molecule has 0 saturated heterocycles. The Labute approximate surface area is 158 Å². The number of ether oxygens (including phenoxy) is 3. The van der Waals surface area contributed by atoms with Crippen molar-refractivity contribution in [3.63, 3.8) is 0 Å². The maximum atomic E-state index is 12.4. The fourth-order valence-corrected chi connectivity index (χ4v) is 2.74. The van der Waals surface area contributed by atoms with Gasteiger partial charge in [0.15, 0.2) is 18.1 Å². The van der Waals surface area contributed by atoms with Crippen LogP contribution in [0.3, 0.4) is 0 Å². The third-order valence-electron chi connectivity index (χ3n) is 4.08. The Morgan fingerprint density at radius 1 is 1.29 bits per heavy atom. The second-order valence-corrected chi connectivity index (χ2v) is 6.07. The summed E-state index contributed by atoms with van der Waals surface area (Å²) in [7, 11) is 0. The summed E-state index contributed by atoms with van der Waals surface area (Å²) in [6, 6.07) is 6.82. The molecule has 0 saturated carbocycles. The van der Waals surface area contributed by atoms with Gasteiger partial charge in [0.1, 0.15) is 18.0 Å². The van der Waals surface area contributed by atoms with Crippen LogP contribution in [0.25, 0.3) is 0 Å². The van der Waals surface area contributed by atoms with Crippen molar-refractivity contribution < 1.29 is 23.8 Å². The molecule has 1 atom stereocenters. The number of anilines is 1. The number of nitrogen functional groups attached to an aromatic ring is 1. The molecule has 0 spiro atoms. The van der Waals surface area contributed by atoms with E-state index in [0.29, 0.717) is 17.9 Å². The second-order valence-electron chi connectivity index (χ2n) is 6.07. The van der Waals surface area contributed by atoms with Gasteiger partial charge < -0.3 is 19.9 Å². The molecule has 0 radical (unpaired) electrons. The van der Waals surface area contributed by atoms with Crippen LogP contribution in [0, 0.1) is 0 Å². The van der Waals surface area contributed by atoms with E-state index in [1.54, 1.807) is 24.3 Å². The minimum Gasteiger partial charge on any atom is -0.485 e. The largest absolute Gasteiger partial charge is 0.485 e. The lowest BCUT2D eigenvalue weighted by atomic mass is 10.2. The van der Waals surface area contributed by atoms with E-state index in [1.807, 2.05) is 11.9 Å². The van der Waals surface area contributed by atoms with Gasteiger partial charge >= 0.3 is 11.7 Å². The molecular weight excluding hydrogens is 370 g/mol. The van der Waals surface area contributed by atoms with Gasteiger partial charge in [0, 0.05) is 6.54 Å². The molecular formula is C18H19N3O7. The van der Waals surface area contributed by atoms with E-state index >= 15 is 0 Å². The van der Waals surface area contributed by atoms with Gasteiger partial charge in [-0.3, -0.25) is 19.1 Å². The van der Waals surface area contributed by atoms with Gasteiger partial charge in [0.05, 0.1) is 0 Å². The number of aromatic nitrogens is 2. The van der Waals surface area contributed by atoms with Crippen molar-refractivity contribution in [1.82, 2.24) is 9.55 Å². The maximum Gasteiger partial charge on any atom is 0.351 e. The molecule has 1 aromatic carbocycles. The number of ketones is 1. The molecule has 1 aliphatic rings. The van der Waals surface area contributed by atoms with Gasteiger partial charge in [-0.1, -0.05) is 19.1 Å². The van der Waals surface area contributed by atoms with E-state index in [1.165, 1.54) is 0 Å². The number of nitrogens with one attached hydrogen (secondary N) is 1. The van der Waals surface area contributed by atoms with E-state index in [-0.39, 0.29) is 19.0 Å². The van der Waals surface area contributed by atoms with Crippen LogP contribution in [-0.2, 0) is 16.1 Å². The van der Waals surface area contributed by atoms with Crippen molar-refractivity contribution in [2.75, 3.05) is 18.9 Å². The van der Waals surface area contributed by atoms with Crippen LogP contribution in [-0.4, -0.2) is 40.6 Å². The zero-order valence-electron chi connectivity index (χ0n) is 15.1. The number of Topliss-reactive ketones (excluding diaryl/α,β-unsaturated/α-hetero) is 1. The molecule has 10 heteroatoms. The first-order valence-corrected chi connectivity index (χ1v) is 8.63. The topological polar surface area (TPSA) is 143 Å². The van der Waals surface area contributed by atoms with Gasteiger partial charge in [-0.05, 0) is 18.6 Å². The van der Waals surface area contributed by atoms with Gasteiger partial charge in [-0.2, -0.15) is 0 Å². The van der Waals surface area contributed by atoms with Crippen LogP contribution in [0.15, 0.2) is 33.9 Å². The Bertz CT molecular complexity index is 1020. The van der Waals surface area contributed by atoms with Crippen LogP contribution in [0.5, 0.6) is 11.5 Å². The number of fused-ring (bicyclic) bond motifs is 1. The lowest BCUT2D eigenvalue weighted by Crippen LogP contribution is -2.40. The van der Waals surface area contributed by atoms with Crippen molar-refractivity contribution in [2.45, 2.75) is 26.0 Å². The van der Waals surface area contributed by atoms with Gasteiger partial charge in [-0.15, -0.1) is 0 Å². The van der Waals surface area contributed by atoms with Crippen molar-refractivity contribution >= 4 is 17.6 Å². The molecule has 148 valence electrons. The number of aromatic amines is 1. The Morgan fingerprint density at radius 3 is 2.71 bits per heavy atom. The van der Waals surface area contributed by atoms with Crippen molar-refractivity contribution in [3.8, 4) is 11.5 Å². The minimum atomic E-state index is -1.05. The van der Waals surface area contributed by atoms with Crippen LogP contribution in [0.2, 0.25) is 0 Å². The molecule has 0 bridgehead atoms. The standard InChI is InChI=1S/C18H19N3O7/c1-2-7-21-15(19)14(16(23)20-18(21)25)10(22)8-27-17(24)13-9-26-11-5-3-4-6-12(11)28-13/h3-6,13H,2,7-9,19H2,1H3,(H,20,23,25)/t13-/m0/s1. The van der Waals surface area contributed by atoms with Crippen LogP contribution in [0.1, 0.15) is 23.7 Å². The summed E-state index contributed by atoms with van der Waals surface area (Å²) < 4.78 is 17.0. The number of carbonyl (C=O) groups is 2. The number of esters is 1. The molecule has 2 heterocycles. The highest BCUT2D eigenvalue weighted by atomic mass is 16.6. The van der Waals surface area contributed by atoms with Crippen molar-refractivity contribution in [2.24, 2.45) is 0 Å². The summed E-state index contributed by atoms with van der Waals surface area (Å²) in [5.74, 6) is -1.02. The quantitative estimate of drug-likeness (QED) is 0.523. The Kier molecular flexibility index (Phi) is 5.48. The van der Waals surface area contributed by atoms with Crippen LogP contribution >= 0.6 is 0 Å². The molecule has 0 fully saturated rings. The SMILES string of the molecule is CCCn1c(N)c(C(=O)COC(=O)[C@@H]2COc3ccccc3O2)c(=O)[nH]c1=O. The van der Waals surface area contributed by atoms with Crippen molar-refractivity contribution in [1.29, 1.82) is 0 Å². The summed E-state index contributed by atoms with van der Waals surface area (Å²) in [5, 5.41) is 0. The Balaban J connectivity index is 1.69. The van der Waals surface area contributed by atoms with E-state index in [4.69, 9.17) is 19.9 Å². The first-order chi connectivity index (χ1) is 13.4. The number of carbonyl (C=O) groups excluding carboxylic acids is 2. The number of hydrogen-bond donors (Lipinski definition) is 2. The molecule has 0 unspecified atom stereocenters. The summed E-state index contributed by atoms with van der Waals surface area (Å²) in [6.45, 7) is 1.24. The predicted octanol–water partition coefficient (Wildman–Crippen LogP) is 0.0947. The number of hydrogen-bond acceptors (Lipinski definition) is 8. The average Bonchev–Trinajstić information content (AvgIpc) is 2.68. The molecule has 10 nitrogen and oxygen atoms in total. The molecule has 3 rings (SSSR count). The third kappa shape index (κ3) is 3.75. The Hall–Kier alpha value is -3.56. The normalized spacial score (nSPS) is 15.1. The summed E-state index contributed by atoms with van der Waals surface area (Å²) in [5.41, 5.74) is 3.75. The van der Waals surface area contributed by atoms with Gasteiger partial charge in [-0.25, -0.2) is 9.59 Å². The van der Waals surface area contributed by atoms with Crippen LogP contribution in [0.4, 0.5) is 5.82 Å². The highest BCUT2D eigenvalue weighted by molar-refractivity contribution is 6.01. The highest BCUT2D eigenvalue weighted by Gasteiger charge is 2.30. The van der Waals surface area contributed by atoms with E-state index in [0.717, 1.165) is 4.57 Å². The first kappa shape index (κ1) is 19.2. The van der Waals surface area contributed by atoms with Crippen molar-refractivity contribution in [3.05, 3.63) is 50.7 Å². The van der Waals surface area contributed by atoms with E-state index < -0.39 is 41.3 Å². The number of rotatable bonds is 6. The zero-order valence-corrected chi connectivity index (χ0v) is 15.1. The molecule has 1 aliphatic heterocycles. The fourth-order valence-electron chi connectivity index (χ4n) is 2.74. The number of nitrogens with zero attached hydrogens (tertiary/aromatic N) is 1. The fraction of sp³-hybridized carbons (Fsp3) is 0.333. The lowest BCUT2D eigenvalue weighted by Gasteiger charge is -2.24. The maximum absolute atomic E-state index is 12.4. The van der Waals surface area contributed by atoms with Crippen LogP contribution < -0.4 is 26.5 Å². The first-order valence-electron chi connectivity index (χ1n) is 8.63. The second kappa shape index (κ2) is 7.99. The lowest BCUT2D eigenvalue weighted by molar-refractivity contribution is -0.153. The monoisotopic (exact) mass is 389 g/mol. The zero-order chi connectivity index (χ0) is 20.3.